The van der Waals surface area contributed by atoms with Crippen LogP contribution in [0.1, 0.15) is 52.9 Å². The second kappa shape index (κ2) is 6.61. The molecule has 0 spiro atoms. The number of hydrogen-bond donors (Lipinski definition) is 1. The first-order valence-corrected chi connectivity index (χ1v) is 7.00. The van der Waals surface area contributed by atoms with E-state index in [1.54, 1.807) is 0 Å². The Bertz CT molecular complexity index is 189. The third-order valence-electron chi connectivity index (χ3n) is 3.98. The number of hydrogen-bond acceptors (Lipinski definition) is 2. The Balaban J connectivity index is 2.36. The predicted octanol–water partition coefficient (Wildman–Crippen LogP) is 2.87. The lowest BCUT2D eigenvalue weighted by Crippen LogP contribution is -2.34. The molecule has 1 heterocycles. The summed E-state index contributed by atoms with van der Waals surface area (Å²) < 4.78 is 0. The number of nitrogens with two attached hydrogens (primary N) is 1. The number of nitrogens with zero attached hydrogens (tertiary/aromatic N) is 1. The maximum atomic E-state index is 5.84. The quantitative estimate of drug-likeness (QED) is 0.781. The molecule has 1 aliphatic rings. The van der Waals surface area contributed by atoms with Gasteiger partial charge in [0.05, 0.1) is 0 Å². The molecule has 0 bridgehead atoms. The number of rotatable bonds is 5. The molecule has 16 heavy (non-hydrogen) atoms. The van der Waals surface area contributed by atoms with E-state index in [-0.39, 0.29) is 0 Å². The fourth-order valence-corrected chi connectivity index (χ4v) is 2.72. The normalized spacial score (nSPS) is 24.0. The smallest absolute Gasteiger partial charge is 0.00217 e. The monoisotopic (exact) mass is 226 g/mol. The van der Waals surface area contributed by atoms with Crippen LogP contribution in [0, 0.1) is 11.3 Å². The highest BCUT2D eigenvalue weighted by atomic mass is 15.1. The van der Waals surface area contributed by atoms with Crippen LogP contribution in [0.5, 0.6) is 0 Å². The van der Waals surface area contributed by atoms with Crippen LogP contribution >= 0.6 is 0 Å². The van der Waals surface area contributed by atoms with Gasteiger partial charge in [-0.25, -0.2) is 0 Å². The Morgan fingerprint density at radius 2 is 2.00 bits per heavy atom. The largest absolute Gasteiger partial charge is 0.330 e. The van der Waals surface area contributed by atoms with Gasteiger partial charge < -0.3 is 10.6 Å². The lowest BCUT2D eigenvalue weighted by Gasteiger charge is -2.26. The van der Waals surface area contributed by atoms with Gasteiger partial charge in [0.2, 0.25) is 0 Å². The molecule has 1 saturated heterocycles. The fourth-order valence-electron chi connectivity index (χ4n) is 2.72. The minimum Gasteiger partial charge on any atom is -0.330 e. The highest BCUT2D eigenvalue weighted by Gasteiger charge is 2.23. The Kier molecular flexibility index (Phi) is 5.77. The third-order valence-corrected chi connectivity index (χ3v) is 3.98. The zero-order chi connectivity index (χ0) is 12.0. The molecule has 0 aromatic rings. The van der Waals surface area contributed by atoms with Gasteiger partial charge in [0.1, 0.15) is 0 Å². The Hall–Kier alpha value is -0.0800. The predicted molar refractivity (Wildman–Crippen MR) is 71.5 cm³/mol. The van der Waals surface area contributed by atoms with Crippen LogP contribution in [0.2, 0.25) is 0 Å². The van der Waals surface area contributed by atoms with E-state index in [9.17, 15) is 0 Å². The van der Waals surface area contributed by atoms with Crippen LogP contribution in [0.3, 0.4) is 0 Å². The zero-order valence-electron chi connectivity index (χ0n) is 11.5. The maximum Gasteiger partial charge on any atom is 0.00217 e. The Labute approximate surface area is 102 Å². The summed E-state index contributed by atoms with van der Waals surface area (Å²) in [5.41, 5.74) is 6.39. The molecule has 1 unspecified atom stereocenters. The highest BCUT2D eigenvalue weighted by Crippen LogP contribution is 2.30. The van der Waals surface area contributed by atoms with E-state index in [1.807, 2.05) is 0 Å². The van der Waals surface area contributed by atoms with Crippen molar-refractivity contribution >= 4 is 0 Å². The van der Waals surface area contributed by atoms with Crippen molar-refractivity contribution in [3.05, 3.63) is 0 Å². The number of likely N-dealkylation sites (tertiary alicyclic amines) is 1. The van der Waals surface area contributed by atoms with Gasteiger partial charge in [0.25, 0.3) is 0 Å². The first kappa shape index (κ1) is 14.0. The summed E-state index contributed by atoms with van der Waals surface area (Å²) in [5.74, 6) is 0.714. The summed E-state index contributed by atoms with van der Waals surface area (Å²) in [6, 6.07) is 0. The van der Waals surface area contributed by atoms with Gasteiger partial charge in [-0.05, 0) is 56.7 Å². The Morgan fingerprint density at radius 1 is 1.25 bits per heavy atom. The van der Waals surface area contributed by atoms with Gasteiger partial charge >= 0.3 is 0 Å². The van der Waals surface area contributed by atoms with E-state index >= 15 is 0 Å². The standard InChI is InChI=1S/C14H30N2/c1-4-6-13(11-15)12-16-9-5-7-14(2,3)8-10-16/h13H,4-12,15H2,1-3H3. The van der Waals surface area contributed by atoms with Crippen molar-refractivity contribution in [3.8, 4) is 0 Å². The third kappa shape index (κ3) is 4.84. The Morgan fingerprint density at radius 3 is 2.62 bits per heavy atom. The average Bonchev–Trinajstić information content (AvgIpc) is 2.40. The summed E-state index contributed by atoms with van der Waals surface area (Å²) >= 11 is 0. The van der Waals surface area contributed by atoms with E-state index in [0.717, 1.165) is 6.54 Å². The topological polar surface area (TPSA) is 29.3 Å². The van der Waals surface area contributed by atoms with Crippen molar-refractivity contribution in [2.45, 2.75) is 52.9 Å². The second-order valence-electron chi connectivity index (χ2n) is 6.21. The van der Waals surface area contributed by atoms with Crippen LogP contribution < -0.4 is 5.73 Å². The molecule has 96 valence electrons. The molecule has 1 fully saturated rings. The molecule has 0 aromatic heterocycles. The summed E-state index contributed by atoms with van der Waals surface area (Å²) in [4.78, 5) is 2.64. The van der Waals surface area contributed by atoms with E-state index in [1.165, 1.54) is 51.7 Å². The molecular formula is C14H30N2. The first-order chi connectivity index (χ1) is 7.57. The van der Waals surface area contributed by atoms with E-state index in [4.69, 9.17) is 5.73 Å². The van der Waals surface area contributed by atoms with Crippen molar-refractivity contribution in [1.82, 2.24) is 4.90 Å². The molecule has 1 atom stereocenters. The van der Waals surface area contributed by atoms with Crippen LogP contribution in [0.25, 0.3) is 0 Å². The summed E-state index contributed by atoms with van der Waals surface area (Å²) in [6.45, 7) is 11.7. The van der Waals surface area contributed by atoms with Crippen molar-refractivity contribution in [1.29, 1.82) is 0 Å². The summed E-state index contributed by atoms with van der Waals surface area (Å²) in [6.07, 6.45) is 6.63. The maximum absolute atomic E-state index is 5.84. The van der Waals surface area contributed by atoms with E-state index in [2.05, 4.69) is 25.7 Å². The molecule has 2 heteroatoms. The molecule has 2 nitrogen and oxygen atoms in total. The molecule has 1 aliphatic heterocycles. The van der Waals surface area contributed by atoms with Gasteiger partial charge in [-0.15, -0.1) is 0 Å². The minimum absolute atomic E-state index is 0.553. The zero-order valence-corrected chi connectivity index (χ0v) is 11.5. The molecule has 0 amide bonds. The summed E-state index contributed by atoms with van der Waals surface area (Å²) in [5, 5.41) is 0. The van der Waals surface area contributed by atoms with Crippen molar-refractivity contribution in [3.63, 3.8) is 0 Å². The van der Waals surface area contributed by atoms with Crippen molar-refractivity contribution < 1.29 is 0 Å². The lowest BCUT2D eigenvalue weighted by molar-refractivity contribution is 0.223. The van der Waals surface area contributed by atoms with Gasteiger partial charge in [0, 0.05) is 6.54 Å². The second-order valence-corrected chi connectivity index (χ2v) is 6.21. The highest BCUT2D eigenvalue weighted by molar-refractivity contribution is 4.77. The van der Waals surface area contributed by atoms with Gasteiger partial charge in [-0.2, -0.15) is 0 Å². The fraction of sp³-hybridized carbons (Fsp3) is 1.00. The first-order valence-electron chi connectivity index (χ1n) is 7.00. The van der Waals surface area contributed by atoms with Gasteiger partial charge in [-0.1, -0.05) is 27.2 Å². The molecule has 1 rings (SSSR count). The SMILES string of the molecule is CCCC(CN)CN1CCCC(C)(C)CC1. The molecular weight excluding hydrogens is 196 g/mol. The van der Waals surface area contributed by atoms with Gasteiger partial charge in [-0.3, -0.25) is 0 Å². The average molecular weight is 226 g/mol. The van der Waals surface area contributed by atoms with Crippen molar-refractivity contribution in [2.75, 3.05) is 26.2 Å². The van der Waals surface area contributed by atoms with Crippen LogP contribution in [0.4, 0.5) is 0 Å². The molecule has 0 saturated carbocycles. The minimum atomic E-state index is 0.553. The van der Waals surface area contributed by atoms with Gasteiger partial charge in [0.15, 0.2) is 0 Å². The molecule has 0 aliphatic carbocycles. The van der Waals surface area contributed by atoms with Crippen LogP contribution in [-0.4, -0.2) is 31.1 Å². The van der Waals surface area contributed by atoms with Crippen molar-refractivity contribution in [2.24, 2.45) is 17.1 Å². The lowest BCUT2D eigenvalue weighted by atomic mass is 9.85. The molecule has 0 radical (unpaired) electrons. The molecule has 2 N–H and O–H groups in total. The summed E-state index contributed by atoms with van der Waals surface area (Å²) in [7, 11) is 0. The van der Waals surface area contributed by atoms with Crippen LogP contribution in [-0.2, 0) is 0 Å². The van der Waals surface area contributed by atoms with Crippen LogP contribution in [0.15, 0.2) is 0 Å². The van der Waals surface area contributed by atoms with E-state index < -0.39 is 0 Å². The molecule has 0 aromatic carbocycles. The van der Waals surface area contributed by atoms with E-state index in [0.29, 0.717) is 11.3 Å².